The Morgan fingerprint density at radius 2 is 0.772 bits per heavy atom. The first kappa shape index (κ1) is 32.9. The summed E-state index contributed by atoms with van der Waals surface area (Å²) in [6, 6.07) is 77.2. The van der Waals surface area contributed by atoms with Gasteiger partial charge in [-0.25, -0.2) is 0 Å². The Morgan fingerprint density at radius 3 is 1.44 bits per heavy atom. The molecule has 0 aliphatic heterocycles. The summed E-state index contributed by atoms with van der Waals surface area (Å²) in [4.78, 5) is 2.35. The van der Waals surface area contributed by atoms with Gasteiger partial charge in [-0.3, -0.25) is 0 Å². The molecule has 0 atom stereocenters. The van der Waals surface area contributed by atoms with E-state index >= 15 is 0 Å². The fourth-order valence-electron chi connectivity index (χ4n) is 8.79. The maximum Gasteiger partial charge on any atom is 0.0468 e. The van der Waals surface area contributed by atoms with E-state index in [9.17, 15) is 0 Å². The SMILES string of the molecule is C(=C/c1ccc2c3cccc4cccc(c5cccc1c52)c43)/c1ccc(-c2ccc(N(c3ccc(-c4ccccc4)cc3)c3ccc4ccccc4c3)cc2)cc1. The minimum Gasteiger partial charge on any atom is -0.310 e. The minimum atomic E-state index is 1.11. The number of anilines is 3. The van der Waals surface area contributed by atoms with Crippen LogP contribution in [0.15, 0.2) is 212 Å². The van der Waals surface area contributed by atoms with Crippen molar-refractivity contribution in [3.63, 3.8) is 0 Å². The molecule has 0 aliphatic rings. The van der Waals surface area contributed by atoms with E-state index in [4.69, 9.17) is 0 Å². The van der Waals surface area contributed by atoms with Crippen molar-refractivity contribution in [2.24, 2.45) is 0 Å². The van der Waals surface area contributed by atoms with Gasteiger partial charge in [0, 0.05) is 17.1 Å². The van der Waals surface area contributed by atoms with Gasteiger partial charge >= 0.3 is 0 Å². The lowest BCUT2D eigenvalue weighted by atomic mass is 9.88. The summed E-state index contributed by atoms with van der Waals surface area (Å²) in [5.74, 6) is 0. The Kier molecular flexibility index (Phi) is 7.89. The highest BCUT2D eigenvalue weighted by molar-refractivity contribution is 6.33. The Bertz CT molecular complexity index is 3200. The molecule has 0 bridgehead atoms. The van der Waals surface area contributed by atoms with Crippen LogP contribution in [0.1, 0.15) is 11.1 Å². The molecule has 11 aromatic rings. The average molecular weight is 724 g/mol. The highest BCUT2D eigenvalue weighted by atomic mass is 15.1. The van der Waals surface area contributed by atoms with Crippen LogP contribution in [-0.2, 0) is 0 Å². The molecule has 0 N–H and O–H groups in total. The number of benzene rings is 11. The molecule has 0 unspecified atom stereocenters. The number of fused-ring (bicyclic) bond motifs is 3. The third-order valence-electron chi connectivity index (χ3n) is 11.6. The predicted octanol–water partition coefficient (Wildman–Crippen LogP) is 15.9. The molecule has 266 valence electrons. The van der Waals surface area contributed by atoms with Gasteiger partial charge in [0.15, 0.2) is 0 Å². The Labute approximate surface area is 332 Å². The maximum atomic E-state index is 2.35. The van der Waals surface area contributed by atoms with Crippen molar-refractivity contribution in [2.45, 2.75) is 0 Å². The Morgan fingerprint density at radius 1 is 0.281 bits per heavy atom. The summed E-state index contributed by atoms with van der Waals surface area (Å²) in [6.45, 7) is 0. The second kappa shape index (κ2) is 13.7. The summed E-state index contributed by atoms with van der Waals surface area (Å²) >= 11 is 0. The molecule has 0 saturated carbocycles. The smallest absolute Gasteiger partial charge is 0.0468 e. The van der Waals surface area contributed by atoms with E-state index in [1.807, 2.05) is 0 Å². The molecule has 57 heavy (non-hydrogen) atoms. The first-order valence-corrected chi connectivity index (χ1v) is 19.7. The number of nitrogens with zero attached hydrogens (tertiary/aromatic N) is 1. The summed E-state index contributed by atoms with van der Waals surface area (Å²) in [6.07, 6.45) is 4.50. The normalized spacial score (nSPS) is 11.8. The fourth-order valence-corrected chi connectivity index (χ4v) is 8.79. The van der Waals surface area contributed by atoms with Gasteiger partial charge in [-0.2, -0.15) is 0 Å². The van der Waals surface area contributed by atoms with Crippen molar-refractivity contribution >= 4 is 83.1 Å². The van der Waals surface area contributed by atoms with Crippen LogP contribution in [0.5, 0.6) is 0 Å². The summed E-state index contributed by atoms with van der Waals surface area (Å²) in [5, 5.41) is 13.0. The molecule has 0 amide bonds. The van der Waals surface area contributed by atoms with Gasteiger partial charge in [-0.05, 0) is 124 Å². The van der Waals surface area contributed by atoms with Crippen LogP contribution in [0.25, 0.3) is 88.3 Å². The van der Waals surface area contributed by atoms with E-state index < -0.39 is 0 Å². The zero-order valence-electron chi connectivity index (χ0n) is 31.3. The van der Waals surface area contributed by atoms with Gasteiger partial charge < -0.3 is 4.90 Å². The van der Waals surface area contributed by atoms with E-state index in [2.05, 4.69) is 229 Å². The van der Waals surface area contributed by atoms with Crippen molar-refractivity contribution in [2.75, 3.05) is 4.90 Å². The van der Waals surface area contributed by atoms with Crippen molar-refractivity contribution in [3.8, 4) is 22.3 Å². The second-order valence-electron chi connectivity index (χ2n) is 14.9. The summed E-state index contributed by atoms with van der Waals surface area (Å²) in [7, 11) is 0. The molecule has 1 heteroatoms. The topological polar surface area (TPSA) is 3.24 Å². The van der Waals surface area contributed by atoms with Crippen molar-refractivity contribution in [3.05, 3.63) is 223 Å². The lowest BCUT2D eigenvalue weighted by Gasteiger charge is -2.26. The first-order chi connectivity index (χ1) is 28.2. The van der Waals surface area contributed by atoms with Crippen LogP contribution >= 0.6 is 0 Å². The van der Waals surface area contributed by atoms with Gasteiger partial charge in [-0.1, -0.05) is 188 Å². The molecule has 0 aliphatic carbocycles. The molecule has 0 spiro atoms. The number of hydrogen-bond acceptors (Lipinski definition) is 1. The van der Waals surface area contributed by atoms with Gasteiger partial charge in [-0.15, -0.1) is 0 Å². The molecule has 1 nitrogen and oxygen atoms in total. The largest absolute Gasteiger partial charge is 0.310 e. The third kappa shape index (κ3) is 5.80. The highest BCUT2D eigenvalue weighted by Crippen LogP contribution is 2.42. The quantitative estimate of drug-likeness (QED) is 0.0899. The zero-order valence-corrected chi connectivity index (χ0v) is 31.3. The standard InChI is InChI=1S/C56H37N/c1-2-9-39(10-3-1)42-25-31-47(32-26-42)57(49-35-29-40-11-4-5-12-46(40)37-49)48-33-27-43(28-34-48)41-22-19-38(20-23-41)21-24-44-30-36-54-52-17-7-14-45-13-6-16-51(55(45)52)53-18-8-15-50(44)56(53)54/h1-37H/b24-21-. The highest BCUT2D eigenvalue weighted by Gasteiger charge is 2.15. The molecule has 0 fully saturated rings. The van der Waals surface area contributed by atoms with Gasteiger partial charge in [0.1, 0.15) is 0 Å². The van der Waals surface area contributed by atoms with Crippen LogP contribution in [0.4, 0.5) is 17.1 Å². The third-order valence-corrected chi connectivity index (χ3v) is 11.6. The maximum absolute atomic E-state index is 2.35. The average Bonchev–Trinajstić information content (AvgIpc) is 3.28. The van der Waals surface area contributed by atoms with Crippen LogP contribution in [0, 0.1) is 0 Å². The summed E-state index contributed by atoms with van der Waals surface area (Å²) < 4.78 is 0. The van der Waals surface area contributed by atoms with Crippen molar-refractivity contribution in [1.29, 1.82) is 0 Å². The Hall–Kier alpha value is -7.48. The van der Waals surface area contributed by atoms with E-state index in [1.165, 1.54) is 87.2 Å². The minimum absolute atomic E-state index is 1.11. The van der Waals surface area contributed by atoms with Gasteiger partial charge in [0.25, 0.3) is 0 Å². The summed E-state index contributed by atoms with van der Waals surface area (Å²) in [5.41, 5.74) is 10.6. The molecular weight excluding hydrogens is 687 g/mol. The molecule has 0 saturated heterocycles. The molecule has 11 rings (SSSR count). The van der Waals surface area contributed by atoms with Crippen LogP contribution in [0.3, 0.4) is 0 Å². The molecule has 0 aromatic heterocycles. The van der Waals surface area contributed by atoms with Crippen LogP contribution in [0.2, 0.25) is 0 Å². The second-order valence-corrected chi connectivity index (χ2v) is 14.9. The van der Waals surface area contributed by atoms with Gasteiger partial charge in [0.05, 0.1) is 0 Å². The molecule has 0 radical (unpaired) electrons. The fraction of sp³-hybridized carbons (Fsp3) is 0. The molecular formula is C56H37N. The lowest BCUT2D eigenvalue weighted by molar-refractivity contribution is 1.29. The molecule has 11 aromatic carbocycles. The Balaban J connectivity index is 0.895. The number of hydrogen-bond donors (Lipinski definition) is 0. The van der Waals surface area contributed by atoms with E-state index in [0.717, 1.165) is 17.1 Å². The lowest BCUT2D eigenvalue weighted by Crippen LogP contribution is -2.09. The van der Waals surface area contributed by atoms with Crippen LogP contribution in [-0.4, -0.2) is 0 Å². The predicted molar refractivity (Wildman–Crippen MR) is 246 cm³/mol. The van der Waals surface area contributed by atoms with Crippen molar-refractivity contribution in [1.82, 2.24) is 0 Å². The van der Waals surface area contributed by atoms with Gasteiger partial charge in [0.2, 0.25) is 0 Å². The van der Waals surface area contributed by atoms with Crippen LogP contribution < -0.4 is 4.90 Å². The number of rotatable bonds is 7. The monoisotopic (exact) mass is 723 g/mol. The van der Waals surface area contributed by atoms with E-state index in [1.54, 1.807) is 0 Å². The zero-order chi connectivity index (χ0) is 37.7. The first-order valence-electron chi connectivity index (χ1n) is 19.7. The van der Waals surface area contributed by atoms with Crippen molar-refractivity contribution < 1.29 is 0 Å². The van der Waals surface area contributed by atoms with E-state index in [0.29, 0.717) is 0 Å². The molecule has 0 heterocycles. The van der Waals surface area contributed by atoms with E-state index in [-0.39, 0.29) is 0 Å².